The third-order valence-corrected chi connectivity index (χ3v) is 4.95. The highest BCUT2D eigenvalue weighted by Crippen LogP contribution is 2.29. The van der Waals surface area contributed by atoms with E-state index in [4.69, 9.17) is 0 Å². The molecule has 0 aliphatic carbocycles. The number of nitrogens with one attached hydrogen (secondary N) is 1. The van der Waals surface area contributed by atoms with E-state index in [1.165, 1.54) is 6.08 Å². The lowest BCUT2D eigenvalue weighted by Gasteiger charge is -2.29. The SMILES string of the molecule is C=CC(=O)N1CCCc2cc(C(=O)N3CCC[C@@H]3C(=O)NC)ccc21. The Balaban J connectivity index is 1.87. The predicted octanol–water partition coefficient (Wildman–Crippen LogP) is 1.50. The minimum absolute atomic E-state index is 0.119. The molecule has 2 aliphatic heterocycles. The molecule has 6 nitrogen and oxygen atoms in total. The van der Waals surface area contributed by atoms with Crippen LogP contribution in [-0.2, 0) is 16.0 Å². The molecular formula is C19H23N3O3. The molecule has 0 radical (unpaired) electrons. The standard InChI is InChI=1S/C19H23N3O3/c1-3-17(23)21-10-4-6-13-12-14(8-9-15(13)21)19(25)22-11-5-7-16(22)18(24)20-2/h3,8-9,12,16H,1,4-7,10-11H2,2H3,(H,20,24)/t16-/m1/s1. The normalized spacial score (nSPS) is 19.3. The van der Waals surface area contributed by atoms with Crippen molar-refractivity contribution in [3.63, 3.8) is 0 Å². The van der Waals surface area contributed by atoms with Crippen LogP contribution in [-0.4, -0.2) is 48.8 Å². The van der Waals surface area contributed by atoms with Gasteiger partial charge in [-0.15, -0.1) is 0 Å². The first-order chi connectivity index (χ1) is 12.1. The zero-order valence-electron chi connectivity index (χ0n) is 14.5. The third-order valence-electron chi connectivity index (χ3n) is 4.95. The topological polar surface area (TPSA) is 69.7 Å². The minimum Gasteiger partial charge on any atom is -0.357 e. The van der Waals surface area contributed by atoms with Crippen LogP contribution in [0, 0.1) is 0 Å². The lowest BCUT2D eigenvalue weighted by molar-refractivity contribution is -0.124. The van der Waals surface area contributed by atoms with Crippen LogP contribution >= 0.6 is 0 Å². The number of carbonyl (C=O) groups excluding carboxylic acids is 3. The summed E-state index contributed by atoms with van der Waals surface area (Å²) in [6.45, 7) is 4.80. The van der Waals surface area contributed by atoms with Crippen LogP contribution in [0.3, 0.4) is 0 Å². The fourth-order valence-corrected chi connectivity index (χ4v) is 3.68. The van der Waals surface area contributed by atoms with Crippen molar-refractivity contribution < 1.29 is 14.4 Å². The number of hydrogen-bond acceptors (Lipinski definition) is 3. The number of likely N-dealkylation sites (N-methyl/N-ethyl adjacent to an activating group) is 1. The number of rotatable bonds is 3. The molecule has 25 heavy (non-hydrogen) atoms. The lowest BCUT2D eigenvalue weighted by Crippen LogP contribution is -2.45. The smallest absolute Gasteiger partial charge is 0.254 e. The van der Waals surface area contributed by atoms with Crippen molar-refractivity contribution in [2.24, 2.45) is 0 Å². The summed E-state index contributed by atoms with van der Waals surface area (Å²) in [5.74, 6) is -0.369. The molecule has 0 bridgehead atoms. The van der Waals surface area contributed by atoms with Gasteiger partial charge in [-0.1, -0.05) is 6.58 Å². The molecule has 3 amide bonds. The van der Waals surface area contributed by atoms with Gasteiger partial charge in [0, 0.05) is 31.4 Å². The van der Waals surface area contributed by atoms with Crippen molar-refractivity contribution in [2.45, 2.75) is 31.7 Å². The number of likely N-dealkylation sites (tertiary alicyclic amines) is 1. The van der Waals surface area contributed by atoms with Gasteiger partial charge in [-0.05, 0) is 55.5 Å². The van der Waals surface area contributed by atoms with Gasteiger partial charge in [0.2, 0.25) is 11.8 Å². The number of fused-ring (bicyclic) bond motifs is 1. The fraction of sp³-hybridized carbons (Fsp3) is 0.421. The molecule has 3 rings (SSSR count). The van der Waals surface area contributed by atoms with Gasteiger partial charge in [0.15, 0.2) is 0 Å². The minimum atomic E-state index is -0.396. The van der Waals surface area contributed by atoms with Crippen LogP contribution in [0.25, 0.3) is 0 Å². The summed E-state index contributed by atoms with van der Waals surface area (Å²) in [5, 5.41) is 2.63. The highest BCUT2D eigenvalue weighted by molar-refractivity contribution is 6.03. The van der Waals surface area contributed by atoms with Crippen molar-refractivity contribution >= 4 is 23.4 Å². The Bertz CT molecular complexity index is 729. The zero-order valence-corrected chi connectivity index (χ0v) is 14.5. The van der Waals surface area contributed by atoms with Crippen molar-refractivity contribution in [2.75, 3.05) is 25.0 Å². The Morgan fingerprint density at radius 3 is 2.76 bits per heavy atom. The van der Waals surface area contributed by atoms with E-state index in [9.17, 15) is 14.4 Å². The lowest BCUT2D eigenvalue weighted by atomic mass is 9.98. The van der Waals surface area contributed by atoms with E-state index in [-0.39, 0.29) is 17.7 Å². The summed E-state index contributed by atoms with van der Waals surface area (Å²) in [7, 11) is 1.59. The first-order valence-corrected chi connectivity index (χ1v) is 8.66. The van der Waals surface area contributed by atoms with Gasteiger partial charge in [0.05, 0.1) is 0 Å². The van der Waals surface area contributed by atoms with E-state index >= 15 is 0 Å². The molecule has 132 valence electrons. The monoisotopic (exact) mass is 341 g/mol. The van der Waals surface area contributed by atoms with Crippen LogP contribution in [0.1, 0.15) is 35.2 Å². The summed E-state index contributed by atoms with van der Waals surface area (Å²) in [5.41, 5.74) is 2.41. The quantitative estimate of drug-likeness (QED) is 0.847. The number of aryl methyl sites for hydroxylation is 1. The number of nitrogens with zero attached hydrogens (tertiary/aromatic N) is 2. The van der Waals surface area contributed by atoms with E-state index in [2.05, 4.69) is 11.9 Å². The summed E-state index contributed by atoms with van der Waals surface area (Å²) in [4.78, 5) is 40.2. The van der Waals surface area contributed by atoms with Crippen LogP contribution in [0.4, 0.5) is 5.69 Å². The third kappa shape index (κ3) is 3.16. The maximum absolute atomic E-state index is 12.9. The number of benzene rings is 1. The van der Waals surface area contributed by atoms with Gasteiger partial charge in [-0.3, -0.25) is 14.4 Å². The van der Waals surface area contributed by atoms with Gasteiger partial charge in [-0.25, -0.2) is 0 Å². The predicted molar refractivity (Wildman–Crippen MR) is 95.4 cm³/mol. The number of amides is 3. The van der Waals surface area contributed by atoms with Crippen LogP contribution < -0.4 is 10.2 Å². The van der Waals surface area contributed by atoms with Crippen LogP contribution in [0.2, 0.25) is 0 Å². The molecule has 1 atom stereocenters. The van der Waals surface area contributed by atoms with Crippen LogP contribution in [0.5, 0.6) is 0 Å². The Labute approximate surface area is 147 Å². The highest BCUT2D eigenvalue weighted by atomic mass is 16.2. The van der Waals surface area contributed by atoms with Crippen molar-refractivity contribution in [3.05, 3.63) is 42.0 Å². The summed E-state index contributed by atoms with van der Waals surface area (Å²) < 4.78 is 0. The first kappa shape index (κ1) is 17.2. The van der Waals surface area contributed by atoms with Gasteiger partial charge in [0.25, 0.3) is 5.91 Å². The van der Waals surface area contributed by atoms with Gasteiger partial charge < -0.3 is 15.1 Å². The van der Waals surface area contributed by atoms with E-state index < -0.39 is 6.04 Å². The van der Waals surface area contributed by atoms with Gasteiger partial charge >= 0.3 is 0 Å². The molecule has 6 heteroatoms. The van der Waals surface area contributed by atoms with E-state index in [1.54, 1.807) is 22.9 Å². The maximum atomic E-state index is 12.9. The Morgan fingerprint density at radius 2 is 2.04 bits per heavy atom. The maximum Gasteiger partial charge on any atom is 0.254 e. The molecule has 2 heterocycles. The average Bonchev–Trinajstić information content (AvgIpc) is 3.14. The molecule has 1 aromatic carbocycles. The second-order valence-corrected chi connectivity index (χ2v) is 6.41. The summed E-state index contributed by atoms with van der Waals surface area (Å²) >= 11 is 0. The van der Waals surface area contributed by atoms with Crippen LogP contribution in [0.15, 0.2) is 30.9 Å². The number of hydrogen-bond donors (Lipinski definition) is 1. The molecule has 1 saturated heterocycles. The molecule has 0 aromatic heterocycles. The largest absolute Gasteiger partial charge is 0.357 e. The summed E-state index contributed by atoms with van der Waals surface area (Å²) in [6.07, 6.45) is 4.52. The zero-order chi connectivity index (χ0) is 18.0. The molecule has 0 spiro atoms. The molecular weight excluding hydrogens is 318 g/mol. The molecule has 0 saturated carbocycles. The molecule has 1 aromatic rings. The number of anilines is 1. The van der Waals surface area contributed by atoms with E-state index in [0.717, 1.165) is 30.5 Å². The number of carbonyl (C=O) groups is 3. The Morgan fingerprint density at radius 1 is 1.24 bits per heavy atom. The van der Waals surface area contributed by atoms with Gasteiger partial charge in [0.1, 0.15) is 6.04 Å². The Kier molecular flexibility index (Phi) is 4.88. The molecule has 0 unspecified atom stereocenters. The fourth-order valence-electron chi connectivity index (χ4n) is 3.68. The van der Waals surface area contributed by atoms with Gasteiger partial charge in [-0.2, -0.15) is 0 Å². The van der Waals surface area contributed by atoms with Crippen molar-refractivity contribution in [1.29, 1.82) is 0 Å². The van der Waals surface area contributed by atoms with E-state index in [1.807, 2.05) is 12.1 Å². The summed E-state index contributed by atoms with van der Waals surface area (Å²) in [6, 6.07) is 5.04. The average molecular weight is 341 g/mol. The first-order valence-electron chi connectivity index (χ1n) is 8.66. The molecule has 1 fully saturated rings. The van der Waals surface area contributed by atoms with Crippen molar-refractivity contribution in [3.8, 4) is 0 Å². The molecule has 1 N–H and O–H groups in total. The van der Waals surface area contributed by atoms with E-state index in [0.29, 0.717) is 25.1 Å². The second kappa shape index (κ2) is 7.09. The molecule has 2 aliphatic rings. The Hall–Kier alpha value is -2.63. The second-order valence-electron chi connectivity index (χ2n) is 6.41. The highest BCUT2D eigenvalue weighted by Gasteiger charge is 2.34. The van der Waals surface area contributed by atoms with Crippen molar-refractivity contribution in [1.82, 2.24) is 10.2 Å².